The molecule has 0 aliphatic carbocycles. The summed E-state index contributed by atoms with van der Waals surface area (Å²) in [7, 11) is 3.12. The normalized spacial score (nSPS) is 16.0. The molecule has 0 radical (unpaired) electrons. The number of nitrogens with zero attached hydrogens (tertiary/aromatic N) is 1. The van der Waals surface area contributed by atoms with Gasteiger partial charge in [-0.1, -0.05) is 0 Å². The van der Waals surface area contributed by atoms with Crippen LogP contribution < -0.4 is 0 Å². The summed E-state index contributed by atoms with van der Waals surface area (Å²) in [6.07, 6.45) is -0.240. The van der Waals surface area contributed by atoms with Crippen molar-refractivity contribution in [2.24, 2.45) is 0 Å². The second-order valence-corrected chi connectivity index (χ2v) is 7.51. The number of carbonyl (C=O) groups is 1. The summed E-state index contributed by atoms with van der Waals surface area (Å²) in [5, 5.41) is 8.54. The van der Waals surface area contributed by atoms with E-state index >= 15 is 0 Å². The van der Waals surface area contributed by atoms with Gasteiger partial charge in [-0.25, -0.2) is 4.57 Å². The van der Waals surface area contributed by atoms with Crippen LogP contribution in [0.2, 0.25) is 0 Å². The molecule has 0 aliphatic heterocycles. The van der Waals surface area contributed by atoms with Gasteiger partial charge in [0, 0.05) is 20.1 Å². The number of hydrogen-bond donors (Lipinski definition) is 2. The summed E-state index contributed by atoms with van der Waals surface area (Å²) in [5.41, 5.74) is 0. The highest BCUT2D eigenvalue weighted by atomic mass is 31.2. The molecule has 0 bridgehead atoms. The summed E-state index contributed by atoms with van der Waals surface area (Å²) >= 11 is 0. The molecule has 0 heterocycles. The minimum Gasteiger partial charge on any atom is -0.481 e. The van der Waals surface area contributed by atoms with Gasteiger partial charge in [-0.15, -0.1) is 0 Å². The standard InChI is InChI=1S/C13H28NO8P/c1-14(2,3)7-9-21-23(17,18)22-11-12(10-19-4)20-8-5-6-13(15)16/h12H,5-11H2,1-4H3,(H-,15,16,17,18)/p+1. The zero-order valence-corrected chi connectivity index (χ0v) is 15.2. The summed E-state index contributed by atoms with van der Waals surface area (Å²) in [4.78, 5) is 20.0. The van der Waals surface area contributed by atoms with E-state index in [-0.39, 0.29) is 32.8 Å². The van der Waals surface area contributed by atoms with E-state index in [4.69, 9.17) is 23.6 Å². The lowest BCUT2D eigenvalue weighted by Gasteiger charge is -2.24. The lowest BCUT2D eigenvalue weighted by atomic mass is 10.3. The monoisotopic (exact) mass is 358 g/mol. The molecule has 0 aliphatic rings. The van der Waals surface area contributed by atoms with Crippen LogP contribution in [0.4, 0.5) is 0 Å². The number of phosphoric acid groups is 1. The Labute approximate surface area is 137 Å². The number of ether oxygens (including phenoxy) is 2. The zero-order chi connectivity index (χ0) is 17.9. The fraction of sp³-hybridized carbons (Fsp3) is 0.923. The van der Waals surface area contributed by atoms with Crippen LogP contribution in [0.3, 0.4) is 0 Å². The maximum absolute atomic E-state index is 11.8. The average molecular weight is 358 g/mol. The number of likely N-dealkylation sites (N-methyl/N-ethyl adjacent to an activating group) is 1. The molecule has 9 nitrogen and oxygen atoms in total. The number of rotatable bonds is 14. The van der Waals surface area contributed by atoms with Crippen LogP contribution in [0.1, 0.15) is 12.8 Å². The molecule has 0 fully saturated rings. The van der Waals surface area contributed by atoms with Crippen molar-refractivity contribution in [2.75, 3.05) is 61.2 Å². The van der Waals surface area contributed by atoms with Crippen molar-refractivity contribution in [1.29, 1.82) is 0 Å². The van der Waals surface area contributed by atoms with Gasteiger partial charge in [0.15, 0.2) is 0 Å². The molecule has 0 spiro atoms. The number of phosphoric ester groups is 1. The van der Waals surface area contributed by atoms with E-state index in [2.05, 4.69) is 0 Å². The minimum atomic E-state index is -4.15. The lowest BCUT2D eigenvalue weighted by molar-refractivity contribution is -0.870. The highest BCUT2D eigenvalue weighted by Gasteiger charge is 2.24. The van der Waals surface area contributed by atoms with Crippen molar-refractivity contribution in [2.45, 2.75) is 18.9 Å². The Morgan fingerprint density at radius 1 is 1.17 bits per heavy atom. The highest BCUT2D eigenvalue weighted by molar-refractivity contribution is 7.47. The first kappa shape index (κ1) is 22.5. The minimum absolute atomic E-state index is 0.00673. The van der Waals surface area contributed by atoms with Gasteiger partial charge >= 0.3 is 13.8 Å². The Hall–Kier alpha value is -0.540. The molecule has 0 rings (SSSR count). The molecule has 10 heteroatoms. The molecule has 0 aromatic carbocycles. The first-order valence-electron chi connectivity index (χ1n) is 7.30. The average Bonchev–Trinajstić information content (AvgIpc) is 2.38. The molecular weight excluding hydrogens is 329 g/mol. The van der Waals surface area contributed by atoms with Crippen molar-refractivity contribution < 1.29 is 42.4 Å². The van der Waals surface area contributed by atoms with E-state index in [1.165, 1.54) is 7.11 Å². The Morgan fingerprint density at radius 2 is 1.83 bits per heavy atom. The van der Waals surface area contributed by atoms with E-state index in [0.29, 0.717) is 17.4 Å². The highest BCUT2D eigenvalue weighted by Crippen LogP contribution is 2.43. The topological polar surface area (TPSA) is 112 Å². The summed E-state index contributed by atoms with van der Waals surface area (Å²) in [6, 6.07) is 0. The van der Waals surface area contributed by atoms with E-state index < -0.39 is 19.9 Å². The smallest absolute Gasteiger partial charge is 0.472 e. The van der Waals surface area contributed by atoms with E-state index in [0.717, 1.165) is 0 Å². The molecule has 2 unspecified atom stereocenters. The third-order valence-corrected chi connectivity index (χ3v) is 3.67. The van der Waals surface area contributed by atoms with Gasteiger partial charge in [-0.3, -0.25) is 13.8 Å². The Balaban J connectivity index is 4.11. The summed E-state index contributed by atoms with van der Waals surface area (Å²) in [5.74, 6) is -0.904. The fourth-order valence-electron chi connectivity index (χ4n) is 1.45. The fourth-order valence-corrected chi connectivity index (χ4v) is 2.19. The second kappa shape index (κ2) is 11.1. The molecule has 2 atom stereocenters. The van der Waals surface area contributed by atoms with Crippen LogP contribution in [0.25, 0.3) is 0 Å². The molecule has 23 heavy (non-hydrogen) atoms. The number of aliphatic carboxylic acids is 1. The van der Waals surface area contributed by atoms with Gasteiger partial charge in [-0.2, -0.15) is 0 Å². The Bertz CT molecular complexity index is 385. The van der Waals surface area contributed by atoms with Gasteiger partial charge in [0.2, 0.25) is 0 Å². The van der Waals surface area contributed by atoms with Crippen LogP contribution in [-0.4, -0.2) is 87.8 Å². The Kier molecular flexibility index (Phi) is 10.8. The number of carboxylic acid groups (broad SMARTS) is 1. The third-order valence-electron chi connectivity index (χ3n) is 2.68. The Morgan fingerprint density at radius 3 is 2.35 bits per heavy atom. The number of quaternary nitrogens is 1. The first-order chi connectivity index (χ1) is 10.6. The van der Waals surface area contributed by atoms with Gasteiger partial charge in [0.25, 0.3) is 0 Å². The zero-order valence-electron chi connectivity index (χ0n) is 14.3. The SMILES string of the molecule is COCC(COP(=O)(O)OCC[N+](C)(C)C)OCCCC(=O)O. The maximum atomic E-state index is 11.8. The number of methoxy groups -OCH3 is 1. The molecule has 138 valence electrons. The number of hydrogen-bond acceptors (Lipinski definition) is 6. The molecule has 2 N–H and O–H groups in total. The van der Waals surface area contributed by atoms with Gasteiger partial charge in [-0.05, 0) is 6.42 Å². The van der Waals surface area contributed by atoms with E-state index in [9.17, 15) is 14.3 Å². The van der Waals surface area contributed by atoms with Crippen molar-refractivity contribution in [3.63, 3.8) is 0 Å². The molecule has 0 amide bonds. The molecular formula is C13H29NO8P+. The quantitative estimate of drug-likeness (QED) is 0.265. The van der Waals surface area contributed by atoms with Crippen LogP contribution in [0.5, 0.6) is 0 Å². The van der Waals surface area contributed by atoms with Gasteiger partial charge < -0.3 is 24.0 Å². The summed E-state index contributed by atoms with van der Waals surface area (Å²) < 4.78 is 32.5. The van der Waals surface area contributed by atoms with Gasteiger partial charge in [0.1, 0.15) is 19.3 Å². The maximum Gasteiger partial charge on any atom is 0.472 e. The molecule has 0 aromatic rings. The molecule has 0 aromatic heterocycles. The predicted octanol–water partition coefficient (Wildman–Crippen LogP) is 0.723. The van der Waals surface area contributed by atoms with Crippen LogP contribution >= 0.6 is 7.82 Å². The molecule has 0 saturated heterocycles. The summed E-state index contributed by atoms with van der Waals surface area (Å²) in [6.45, 7) is 0.819. The largest absolute Gasteiger partial charge is 0.481 e. The van der Waals surface area contributed by atoms with Crippen LogP contribution in [0.15, 0.2) is 0 Å². The lowest BCUT2D eigenvalue weighted by Crippen LogP contribution is -2.37. The van der Waals surface area contributed by atoms with E-state index in [1.807, 2.05) is 21.1 Å². The third kappa shape index (κ3) is 14.8. The first-order valence-corrected chi connectivity index (χ1v) is 8.80. The van der Waals surface area contributed by atoms with Crippen LogP contribution in [-0.2, 0) is 27.9 Å². The van der Waals surface area contributed by atoms with Crippen molar-refractivity contribution in [3.8, 4) is 0 Å². The predicted molar refractivity (Wildman–Crippen MR) is 83.1 cm³/mol. The molecule has 0 saturated carbocycles. The van der Waals surface area contributed by atoms with Gasteiger partial charge in [0.05, 0.1) is 34.4 Å². The van der Waals surface area contributed by atoms with Crippen molar-refractivity contribution in [3.05, 3.63) is 0 Å². The van der Waals surface area contributed by atoms with Crippen molar-refractivity contribution in [1.82, 2.24) is 0 Å². The van der Waals surface area contributed by atoms with E-state index in [1.54, 1.807) is 0 Å². The second-order valence-electron chi connectivity index (χ2n) is 6.06. The number of carboxylic acids is 1. The van der Waals surface area contributed by atoms with Crippen LogP contribution in [0, 0.1) is 0 Å². The van der Waals surface area contributed by atoms with Crippen molar-refractivity contribution >= 4 is 13.8 Å².